The predicted molar refractivity (Wildman–Crippen MR) is 61.7 cm³/mol. The van der Waals surface area contributed by atoms with E-state index in [-0.39, 0.29) is 6.54 Å². The van der Waals surface area contributed by atoms with Gasteiger partial charge in [-0.05, 0) is 18.4 Å². The Morgan fingerprint density at radius 2 is 2.47 bits per heavy atom. The molecule has 80 valence electrons. The number of hydrogen-bond acceptors (Lipinski definition) is 5. The molecule has 0 spiro atoms. The fraction of sp³-hybridized carbons (Fsp3) is 0.250. The first-order valence-electron chi connectivity index (χ1n) is 3.96. The molecule has 1 aromatic rings. The van der Waals surface area contributed by atoms with Gasteiger partial charge in [-0.1, -0.05) is 11.6 Å². The summed E-state index contributed by atoms with van der Waals surface area (Å²) < 4.78 is 0. The number of pyridine rings is 1. The Kier molecular flexibility index (Phi) is 4.51. The molecule has 0 radical (unpaired) electrons. The number of aromatic nitrogens is 1. The smallest absolute Gasteiger partial charge is 0.251 e. The highest BCUT2D eigenvalue weighted by Crippen LogP contribution is 2.15. The lowest BCUT2D eigenvalue weighted by molar-refractivity contribution is -0.462. The quantitative estimate of drug-likeness (QED) is 0.270. The van der Waals surface area contributed by atoms with Crippen molar-refractivity contribution in [1.82, 2.24) is 4.98 Å². The predicted octanol–water partition coefficient (Wildman–Crippen LogP) is 2.40. The summed E-state index contributed by atoms with van der Waals surface area (Å²) in [7, 11) is 0. The maximum Gasteiger partial charge on any atom is 0.251 e. The van der Waals surface area contributed by atoms with Gasteiger partial charge in [0.05, 0.1) is 11.9 Å². The van der Waals surface area contributed by atoms with Crippen molar-refractivity contribution in [2.75, 3.05) is 12.8 Å². The minimum absolute atomic E-state index is 0.274. The van der Waals surface area contributed by atoms with E-state index in [1.165, 1.54) is 18.0 Å². The minimum atomic E-state index is -0.418. The molecule has 1 rings (SSSR count). The molecule has 0 saturated carbocycles. The van der Waals surface area contributed by atoms with Crippen LogP contribution in [0.1, 0.15) is 0 Å². The molecule has 1 heterocycles. The van der Waals surface area contributed by atoms with Gasteiger partial charge in [0.15, 0.2) is 0 Å². The lowest BCUT2D eigenvalue weighted by atomic mass is 10.4. The normalized spacial score (nSPS) is 11.5. The van der Waals surface area contributed by atoms with E-state index < -0.39 is 4.92 Å². The van der Waals surface area contributed by atoms with Crippen molar-refractivity contribution < 1.29 is 4.92 Å². The molecular weight excluding hydrogens is 238 g/mol. The maximum absolute atomic E-state index is 10.3. The largest absolute Gasteiger partial charge is 0.264 e. The van der Waals surface area contributed by atoms with E-state index in [4.69, 9.17) is 11.6 Å². The second-order valence-corrected chi connectivity index (χ2v) is 3.81. The van der Waals surface area contributed by atoms with E-state index in [0.717, 1.165) is 0 Å². The third kappa shape index (κ3) is 4.26. The van der Waals surface area contributed by atoms with Crippen LogP contribution in [0.15, 0.2) is 23.3 Å². The summed E-state index contributed by atoms with van der Waals surface area (Å²) in [5.74, 6) is 0. The number of aliphatic imine (C=N–C) groups is 1. The van der Waals surface area contributed by atoms with E-state index >= 15 is 0 Å². The van der Waals surface area contributed by atoms with Crippen molar-refractivity contribution in [2.45, 2.75) is 0 Å². The molecule has 0 bridgehead atoms. The van der Waals surface area contributed by atoms with Crippen LogP contribution < -0.4 is 0 Å². The van der Waals surface area contributed by atoms with Crippen LogP contribution in [-0.2, 0) is 0 Å². The molecular formula is C8H8ClN3O2S. The zero-order valence-corrected chi connectivity index (χ0v) is 9.46. The molecule has 0 amide bonds. The molecule has 5 nitrogen and oxygen atoms in total. The standard InChI is InChI=1S/C8H8ClN3O2S/c1-15-8(5-12(13)14)11-6-2-3-7(9)10-4-6/h2-4H,5H2,1H3. The first-order chi connectivity index (χ1) is 7.11. The van der Waals surface area contributed by atoms with Crippen LogP contribution >= 0.6 is 23.4 Å². The van der Waals surface area contributed by atoms with Crippen LogP contribution in [0.3, 0.4) is 0 Å². The summed E-state index contributed by atoms with van der Waals surface area (Å²) in [5, 5.41) is 11.1. The number of nitrogens with zero attached hydrogens (tertiary/aromatic N) is 3. The van der Waals surface area contributed by atoms with E-state index in [1.54, 1.807) is 18.4 Å². The molecule has 0 aliphatic heterocycles. The van der Waals surface area contributed by atoms with E-state index in [2.05, 4.69) is 9.98 Å². The van der Waals surface area contributed by atoms with Crippen LogP contribution in [0.25, 0.3) is 0 Å². The summed E-state index contributed by atoms with van der Waals surface area (Å²) in [5.41, 5.74) is 0.561. The second kappa shape index (κ2) is 5.67. The van der Waals surface area contributed by atoms with Crippen molar-refractivity contribution in [1.29, 1.82) is 0 Å². The Hall–Kier alpha value is -1.14. The highest BCUT2D eigenvalue weighted by Gasteiger charge is 2.06. The molecule has 0 N–H and O–H groups in total. The van der Waals surface area contributed by atoms with Gasteiger partial charge in [-0.3, -0.25) is 10.1 Å². The molecule has 0 fully saturated rings. The number of thioether (sulfide) groups is 1. The SMILES string of the molecule is CSC(C[N+](=O)[O-])=Nc1ccc(Cl)nc1. The van der Waals surface area contributed by atoms with E-state index in [1.807, 2.05) is 0 Å². The van der Waals surface area contributed by atoms with Gasteiger partial charge in [0, 0.05) is 4.92 Å². The Morgan fingerprint density at radius 3 is 2.93 bits per heavy atom. The van der Waals surface area contributed by atoms with Crippen LogP contribution in [0.4, 0.5) is 5.69 Å². The van der Waals surface area contributed by atoms with Crippen molar-refractivity contribution in [3.63, 3.8) is 0 Å². The second-order valence-electron chi connectivity index (χ2n) is 2.54. The molecule has 0 aliphatic carbocycles. The average molecular weight is 246 g/mol. The molecule has 0 unspecified atom stereocenters. The van der Waals surface area contributed by atoms with Crippen LogP contribution in [0.5, 0.6) is 0 Å². The topological polar surface area (TPSA) is 68.4 Å². The third-order valence-electron chi connectivity index (χ3n) is 1.47. The molecule has 1 aromatic heterocycles. The fourth-order valence-electron chi connectivity index (χ4n) is 0.834. The van der Waals surface area contributed by atoms with Crippen molar-refractivity contribution in [3.8, 4) is 0 Å². The molecule has 7 heteroatoms. The van der Waals surface area contributed by atoms with Crippen molar-refractivity contribution in [2.24, 2.45) is 4.99 Å². The highest BCUT2D eigenvalue weighted by molar-refractivity contribution is 8.13. The molecule has 0 atom stereocenters. The summed E-state index contributed by atoms with van der Waals surface area (Å²) in [4.78, 5) is 17.8. The summed E-state index contributed by atoms with van der Waals surface area (Å²) in [6, 6.07) is 3.25. The van der Waals surface area contributed by atoms with Crippen LogP contribution in [-0.4, -0.2) is 27.8 Å². The van der Waals surface area contributed by atoms with Gasteiger partial charge in [-0.15, -0.1) is 11.8 Å². The lowest BCUT2D eigenvalue weighted by Gasteiger charge is -1.98. The maximum atomic E-state index is 10.3. The Bertz CT molecular complexity index is 380. The molecule has 15 heavy (non-hydrogen) atoms. The zero-order valence-electron chi connectivity index (χ0n) is 7.88. The average Bonchev–Trinajstić information content (AvgIpc) is 2.19. The number of hydrogen-bond donors (Lipinski definition) is 0. The first kappa shape index (κ1) is 11.9. The summed E-state index contributed by atoms with van der Waals surface area (Å²) >= 11 is 6.84. The Labute approximate surface area is 95.7 Å². The van der Waals surface area contributed by atoms with Gasteiger partial charge in [-0.25, -0.2) is 9.98 Å². The summed E-state index contributed by atoms with van der Waals surface area (Å²) in [6.07, 6.45) is 3.21. The van der Waals surface area contributed by atoms with E-state index in [0.29, 0.717) is 15.9 Å². The Balaban J connectivity index is 2.83. The zero-order chi connectivity index (χ0) is 11.3. The van der Waals surface area contributed by atoms with Gasteiger partial charge < -0.3 is 0 Å². The monoisotopic (exact) mass is 245 g/mol. The Morgan fingerprint density at radius 1 is 1.73 bits per heavy atom. The highest BCUT2D eigenvalue weighted by atomic mass is 35.5. The number of nitro groups is 1. The fourth-order valence-corrected chi connectivity index (χ4v) is 1.38. The van der Waals surface area contributed by atoms with Crippen molar-refractivity contribution in [3.05, 3.63) is 33.6 Å². The van der Waals surface area contributed by atoms with Crippen molar-refractivity contribution >= 4 is 34.1 Å². The van der Waals surface area contributed by atoms with Crippen LogP contribution in [0.2, 0.25) is 5.15 Å². The molecule has 0 aliphatic rings. The summed E-state index contributed by atoms with van der Waals surface area (Å²) in [6.45, 7) is -0.274. The van der Waals surface area contributed by atoms with E-state index in [9.17, 15) is 10.1 Å². The van der Waals surface area contributed by atoms with Gasteiger partial charge in [0.1, 0.15) is 10.2 Å². The minimum Gasteiger partial charge on any atom is -0.264 e. The molecule has 0 aromatic carbocycles. The number of rotatable bonds is 3. The third-order valence-corrected chi connectivity index (χ3v) is 2.38. The van der Waals surface area contributed by atoms with Gasteiger partial charge >= 0.3 is 0 Å². The first-order valence-corrected chi connectivity index (χ1v) is 5.57. The van der Waals surface area contributed by atoms with Crippen LogP contribution in [0, 0.1) is 10.1 Å². The van der Waals surface area contributed by atoms with Gasteiger partial charge in [0.2, 0.25) is 0 Å². The van der Waals surface area contributed by atoms with Gasteiger partial charge in [-0.2, -0.15) is 0 Å². The molecule has 0 saturated heterocycles. The van der Waals surface area contributed by atoms with Gasteiger partial charge in [0.25, 0.3) is 6.54 Å². The lowest BCUT2D eigenvalue weighted by Crippen LogP contribution is -2.09. The number of halogens is 1.